The molecule has 49 heavy (non-hydrogen) atoms. The maximum atomic E-state index is 15.1. The number of likely N-dealkylation sites (tertiary alicyclic amines) is 1. The number of aryl methyl sites for hydroxylation is 2. The average Bonchev–Trinajstić information content (AvgIpc) is 3.74. The number of carbonyl (C=O) groups is 4. The molecule has 7 atom stereocenters. The molecule has 2 fully saturated rings. The summed E-state index contributed by atoms with van der Waals surface area (Å²) in [5.41, 5.74) is 1.99. The van der Waals surface area contributed by atoms with E-state index in [0.29, 0.717) is 25.7 Å². The Morgan fingerprint density at radius 2 is 1.73 bits per heavy atom. The fourth-order valence-electron chi connectivity index (χ4n) is 7.90. The van der Waals surface area contributed by atoms with E-state index in [1.54, 1.807) is 27.8 Å². The van der Waals surface area contributed by atoms with Crippen molar-refractivity contribution in [3.63, 3.8) is 0 Å². The zero-order chi connectivity index (χ0) is 34.9. The Bertz CT molecular complexity index is 1640. The number of nitrogens with zero attached hydrogens (tertiary/aromatic N) is 3. The molecule has 260 valence electrons. The minimum absolute atomic E-state index is 0.0405. The lowest BCUT2D eigenvalue weighted by molar-refractivity contribution is -0.164. The molecule has 6 rings (SSSR count). The lowest BCUT2D eigenvalue weighted by Crippen LogP contribution is -2.56. The maximum absolute atomic E-state index is 15.1. The van der Waals surface area contributed by atoms with Gasteiger partial charge in [-0.15, -0.1) is 0 Å². The van der Waals surface area contributed by atoms with Crippen molar-refractivity contribution >= 4 is 29.4 Å². The van der Waals surface area contributed by atoms with E-state index in [1.165, 1.54) is 0 Å². The van der Waals surface area contributed by atoms with Crippen LogP contribution in [0.2, 0.25) is 0 Å². The summed E-state index contributed by atoms with van der Waals surface area (Å²) < 4.78 is 12.9. The van der Waals surface area contributed by atoms with Crippen LogP contribution in [0.15, 0.2) is 72.8 Å². The second-order valence-corrected chi connectivity index (χ2v) is 13.8. The quantitative estimate of drug-likeness (QED) is 0.264. The summed E-state index contributed by atoms with van der Waals surface area (Å²) >= 11 is 0. The highest BCUT2D eigenvalue weighted by molar-refractivity contribution is 6.05. The third-order valence-corrected chi connectivity index (χ3v) is 10.7. The summed E-state index contributed by atoms with van der Waals surface area (Å²) in [4.78, 5) is 62.3. The second kappa shape index (κ2) is 14.3. The molecule has 10 heteroatoms. The minimum atomic E-state index is -1.35. The Kier molecular flexibility index (Phi) is 10.1. The van der Waals surface area contributed by atoms with Crippen molar-refractivity contribution < 1.29 is 33.8 Å². The van der Waals surface area contributed by atoms with Crippen LogP contribution in [0.1, 0.15) is 61.8 Å². The van der Waals surface area contributed by atoms with Gasteiger partial charge in [-0.25, -0.2) is 0 Å². The zero-order valence-electron chi connectivity index (χ0n) is 28.8. The number of carbonyl (C=O) groups excluding carboxylic acids is 4. The molecule has 2 aromatic rings. The number of allylic oxidation sites excluding steroid dienone is 1. The van der Waals surface area contributed by atoms with Crippen LogP contribution in [-0.2, 0) is 28.7 Å². The van der Waals surface area contributed by atoms with Gasteiger partial charge in [-0.3, -0.25) is 19.2 Å². The topological polar surface area (TPSA) is 117 Å². The predicted octanol–water partition coefficient (Wildman–Crippen LogP) is 4.43. The third kappa shape index (κ3) is 6.32. The fraction of sp³-hybridized carbons (Fsp3) is 0.487. The monoisotopic (exact) mass is 669 g/mol. The van der Waals surface area contributed by atoms with E-state index in [9.17, 15) is 19.5 Å². The number of benzene rings is 2. The number of cyclic esters (lactones) is 1. The van der Waals surface area contributed by atoms with Crippen LogP contribution < -0.4 is 4.90 Å². The highest BCUT2D eigenvalue weighted by Gasteiger charge is 2.73. The van der Waals surface area contributed by atoms with Gasteiger partial charge < -0.3 is 29.3 Å². The molecule has 10 nitrogen and oxygen atoms in total. The van der Waals surface area contributed by atoms with Crippen LogP contribution in [0.5, 0.6) is 0 Å². The molecular formula is C39H47N3O7. The van der Waals surface area contributed by atoms with E-state index in [-0.39, 0.29) is 43.8 Å². The Labute approximate surface area is 288 Å². The van der Waals surface area contributed by atoms with Crippen LogP contribution in [0.4, 0.5) is 5.69 Å². The number of hydrogen-bond acceptors (Lipinski definition) is 7. The molecule has 4 aliphatic rings. The standard InChI is InChI=1S/C39H47N3O7/c1-25-17-18-26(2)29(24-25)41-21-11-6-10-16-31(44)40(4)27(3)34(28-14-8-5-9-15-28)48-38(47)32-30-19-20-39(49-30)33(32)36(45)42(35(39)37(41)46)22-12-7-13-23-43/h5-6,8-9,11,14-15,17-20,24,27,30,32-35,43H,7,10,12-13,16,21-23H2,1-4H3/b11-6-/t27-,30+,32-,33-,34+,35+,39-/m1/s1. The second-order valence-electron chi connectivity index (χ2n) is 13.8. The van der Waals surface area contributed by atoms with Gasteiger partial charge in [-0.05, 0) is 69.2 Å². The highest BCUT2D eigenvalue weighted by atomic mass is 16.6. The zero-order valence-corrected chi connectivity index (χ0v) is 28.8. The molecular weight excluding hydrogens is 622 g/mol. The number of rotatable bonds is 7. The van der Waals surface area contributed by atoms with Crippen molar-refractivity contribution in [2.45, 2.75) is 82.8 Å². The molecule has 0 unspecified atom stereocenters. The number of amides is 3. The summed E-state index contributed by atoms with van der Waals surface area (Å²) in [5, 5.41) is 9.41. The van der Waals surface area contributed by atoms with Gasteiger partial charge in [-0.1, -0.05) is 66.8 Å². The molecule has 4 aliphatic heterocycles. The van der Waals surface area contributed by atoms with E-state index in [0.717, 1.165) is 22.4 Å². The number of aliphatic hydroxyl groups is 1. The van der Waals surface area contributed by atoms with Crippen LogP contribution in [-0.4, -0.2) is 89.1 Å². The van der Waals surface area contributed by atoms with E-state index in [1.807, 2.05) is 87.5 Å². The van der Waals surface area contributed by atoms with Gasteiger partial charge in [0.15, 0.2) is 0 Å². The summed E-state index contributed by atoms with van der Waals surface area (Å²) in [7, 11) is 1.72. The van der Waals surface area contributed by atoms with Crippen LogP contribution in [0.25, 0.3) is 0 Å². The van der Waals surface area contributed by atoms with Gasteiger partial charge in [0.2, 0.25) is 11.8 Å². The summed E-state index contributed by atoms with van der Waals surface area (Å²) in [5.74, 6) is -3.24. The van der Waals surface area contributed by atoms with Crippen molar-refractivity contribution in [1.82, 2.24) is 9.80 Å². The maximum Gasteiger partial charge on any atom is 0.313 e. The molecule has 2 saturated heterocycles. The number of unbranched alkanes of at least 4 members (excludes halogenated alkanes) is 2. The normalized spacial score (nSPS) is 31.0. The molecule has 1 spiro atoms. The van der Waals surface area contributed by atoms with Gasteiger partial charge in [-0.2, -0.15) is 0 Å². The summed E-state index contributed by atoms with van der Waals surface area (Å²) in [6.07, 6.45) is 8.42. The highest BCUT2D eigenvalue weighted by Crippen LogP contribution is 2.56. The number of ether oxygens (including phenoxy) is 2. The Morgan fingerprint density at radius 1 is 0.959 bits per heavy atom. The molecule has 0 aromatic heterocycles. The van der Waals surface area contributed by atoms with Gasteiger partial charge in [0, 0.05) is 38.9 Å². The fourth-order valence-corrected chi connectivity index (χ4v) is 7.90. The van der Waals surface area contributed by atoms with E-state index < -0.39 is 47.7 Å². The molecule has 0 saturated carbocycles. The molecule has 5 bridgehead atoms. The molecule has 0 radical (unpaired) electrons. The lowest BCUT2D eigenvalue weighted by Gasteiger charge is -2.36. The first-order valence-corrected chi connectivity index (χ1v) is 17.4. The number of esters is 1. The van der Waals surface area contributed by atoms with Gasteiger partial charge in [0.05, 0.1) is 18.1 Å². The van der Waals surface area contributed by atoms with E-state index in [2.05, 4.69) is 0 Å². The largest absolute Gasteiger partial charge is 0.455 e. The number of fused-ring (bicyclic) bond motifs is 2. The minimum Gasteiger partial charge on any atom is -0.455 e. The lowest BCUT2D eigenvalue weighted by atomic mass is 9.74. The first kappa shape index (κ1) is 34.6. The average molecular weight is 670 g/mol. The Morgan fingerprint density at radius 3 is 2.49 bits per heavy atom. The van der Waals surface area contributed by atoms with Crippen molar-refractivity contribution in [1.29, 1.82) is 0 Å². The van der Waals surface area contributed by atoms with Crippen molar-refractivity contribution in [3.05, 3.63) is 89.5 Å². The molecule has 2 aromatic carbocycles. The van der Waals surface area contributed by atoms with Crippen molar-refractivity contribution in [2.75, 3.05) is 31.6 Å². The first-order valence-electron chi connectivity index (χ1n) is 17.4. The van der Waals surface area contributed by atoms with Gasteiger partial charge in [0.25, 0.3) is 5.91 Å². The Hall–Kier alpha value is -4.28. The SMILES string of the molecule is Cc1ccc(C)c(N2C/C=C\CCC(=O)N(C)[C@H](C)[C@@H](c3ccccc3)OC(=O)[C@@H]3[C@@H]4C=C[C@]5(O4)[C@H](C2=O)N(CCCCCO)C(=O)[C@@H]35)c1. The summed E-state index contributed by atoms with van der Waals surface area (Å²) in [6.45, 7) is 6.32. The third-order valence-electron chi connectivity index (χ3n) is 10.7. The summed E-state index contributed by atoms with van der Waals surface area (Å²) in [6, 6.07) is 13.7. The van der Waals surface area contributed by atoms with Crippen LogP contribution >= 0.6 is 0 Å². The smallest absolute Gasteiger partial charge is 0.313 e. The molecule has 0 aliphatic carbocycles. The van der Waals surface area contributed by atoms with Crippen LogP contribution in [0, 0.1) is 25.7 Å². The number of aliphatic hydroxyl groups excluding tert-OH is 1. The van der Waals surface area contributed by atoms with Crippen molar-refractivity contribution in [3.8, 4) is 0 Å². The number of likely N-dealkylation sites (N-methyl/N-ethyl adjacent to an activating group) is 1. The Balaban J connectivity index is 1.46. The van der Waals surface area contributed by atoms with E-state index >= 15 is 4.79 Å². The van der Waals surface area contributed by atoms with Crippen molar-refractivity contribution in [2.24, 2.45) is 11.8 Å². The van der Waals surface area contributed by atoms with Gasteiger partial charge in [0.1, 0.15) is 23.7 Å². The first-order chi connectivity index (χ1) is 23.6. The molecule has 4 heterocycles. The van der Waals surface area contributed by atoms with Gasteiger partial charge >= 0.3 is 5.97 Å². The number of hydrogen-bond donors (Lipinski definition) is 1. The molecule has 3 amide bonds. The van der Waals surface area contributed by atoms with Crippen LogP contribution in [0.3, 0.4) is 0 Å². The predicted molar refractivity (Wildman–Crippen MR) is 184 cm³/mol. The number of anilines is 1. The van der Waals surface area contributed by atoms with E-state index in [4.69, 9.17) is 9.47 Å². The molecule has 1 N–H and O–H groups in total.